The monoisotopic (exact) mass is 362 g/mol. The molecule has 98 valence electrons. The van der Waals surface area contributed by atoms with Gasteiger partial charge in [-0.25, -0.2) is 4.39 Å². The lowest BCUT2D eigenvalue weighted by molar-refractivity contribution is -0.117. The second-order valence-electron chi connectivity index (χ2n) is 4.55. The van der Waals surface area contributed by atoms with E-state index in [0.717, 1.165) is 25.9 Å². The molecule has 0 saturated carbocycles. The SMILES string of the molecule is O=C(CC1CCNCC1)Nc1cccc(F)c1I. The largest absolute Gasteiger partial charge is 0.325 e. The maximum atomic E-state index is 13.3. The number of halogens is 2. The van der Waals surface area contributed by atoms with E-state index in [4.69, 9.17) is 0 Å². The quantitative estimate of drug-likeness (QED) is 0.812. The normalized spacial score (nSPS) is 16.6. The topological polar surface area (TPSA) is 41.1 Å². The highest BCUT2D eigenvalue weighted by molar-refractivity contribution is 14.1. The molecule has 1 aliphatic heterocycles. The van der Waals surface area contributed by atoms with Crippen LogP contribution in [0.2, 0.25) is 0 Å². The second-order valence-corrected chi connectivity index (χ2v) is 5.63. The van der Waals surface area contributed by atoms with Crippen molar-refractivity contribution in [1.29, 1.82) is 0 Å². The molecule has 0 bridgehead atoms. The van der Waals surface area contributed by atoms with Gasteiger partial charge in [0.2, 0.25) is 5.91 Å². The molecule has 0 aromatic heterocycles. The number of hydrogen-bond donors (Lipinski definition) is 2. The summed E-state index contributed by atoms with van der Waals surface area (Å²) in [5.74, 6) is 0.123. The predicted octanol–water partition coefficient (Wildman–Crippen LogP) is 2.76. The van der Waals surface area contributed by atoms with Crippen LogP contribution in [0.3, 0.4) is 0 Å². The van der Waals surface area contributed by atoms with Crippen LogP contribution in [0.4, 0.5) is 10.1 Å². The molecule has 0 unspecified atom stereocenters. The number of anilines is 1. The molecule has 1 aromatic rings. The summed E-state index contributed by atoms with van der Waals surface area (Å²) in [7, 11) is 0. The summed E-state index contributed by atoms with van der Waals surface area (Å²) in [5, 5.41) is 6.06. The minimum Gasteiger partial charge on any atom is -0.325 e. The summed E-state index contributed by atoms with van der Waals surface area (Å²) in [5.41, 5.74) is 0.564. The fourth-order valence-electron chi connectivity index (χ4n) is 2.15. The highest BCUT2D eigenvalue weighted by Gasteiger charge is 2.17. The first-order valence-corrected chi connectivity index (χ1v) is 7.19. The van der Waals surface area contributed by atoms with Crippen LogP contribution in [0.25, 0.3) is 0 Å². The van der Waals surface area contributed by atoms with Gasteiger partial charge in [-0.15, -0.1) is 0 Å². The number of carbonyl (C=O) groups is 1. The summed E-state index contributed by atoms with van der Waals surface area (Å²) in [6.07, 6.45) is 2.59. The molecule has 1 aromatic carbocycles. The Morgan fingerprint density at radius 1 is 1.44 bits per heavy atom. The Bertz CT molecular complexity index is 433. The van der Waals surface area contributed by atoms with Crippen LogP contribution in [-0.4, -0.2) is 19.0 Å². The third-order valence-corrected chi connectivity index (χ3v) is 4.25. The third kappa shape index (κ3) is 3.65. The van der Waals surface area contributed by atoms with Gasteiger partial charge in [0.05, 0.1) is 9.26 Å². The zero-order valence-electron chi connectivity index (χ0n) is 10.0. The smallest absolute Gasteiger partial charge is 0.224 e. The summed E-state index contributed by atoms with van der Waals surface area (Å²) in [6, 6.07) is 4.73. The molecule has 0 atom stereocenters. The number of carbonyl (C=O) groups excluding carboxylic acids is 1. The Morgan fingerprint density at radius 2 is 2.17 bits per heavy atom. The predicted molar refractivity (Wildman–Crippen MR) is 78.0 cm³/mol. The number of hydrogen-bond acceptors (Lipinski definition) is 2. The van der Waals surface area contributed by atoms with E-state index in [1.54, 1.807) is 12.1 Å². The van der Waals surface area contributed by atoms with Crippen LogP contribution in [0.5, 0.6) is 0 Å². The first-order chi connectivity index (χ1) is 8.66. The maximum absolute atomic E-state index is 13.3. The molecular weight excluding hydrogens is 346 g/mol. The van der Waals surface area contributed by atoms with E-state index in [1.165, 1.54) is 6.07 Å². The Morgan fingerprint density at radius 3 is 2.89 bits per heavy atom. The molecule has 1 amide bonds. The summed E-state index contributed by atoms with van der Waals surface area (Å²) in [6.45, 7) is 1.96. The van der Waals surface area contributed by atoms with Crippen molar-refractivity contribution in [3.8, 4) is 0 Å². The van der Waals surface area contributed by atoms with Crippen LogP contribution >= 0.6 is 22.6 Å². The zero-order chi connectivity index (χ0) is 13.0. The second kappa shape index (κ2) is 6.47. The van der Waals surface area contributed by atoms with Crippen molar-refractivity contribution in [2.75, 3.05) is 18.4 Å². The number of piperidine rings is 1. The summed E-state index contributed by atoms with van der Waals surface area (Å²) >= 11 is 1.91. The Kier molecular flexibility index (Phi) is 4.94. The van der Waals surface area contributed by atoms with E-state index in [2.05, 4.69) is 10.6 Å². The molecule has 1 fully saturated rings. The van der Waals surface area contributed by atoms with Crippen LogP contribution in [0, 0.1) is 15.3 Å². The summed E-state index contributed by atoms with van der Waals surface area (Å²) < 4.78 is 13.8. The Labute approximate surface area is 120 Å². The molecule has 3 nitrogen and oxygen atoms in total. The molecule has 1 saturated heterocycles. The standard InChI is InChI=1S/C13H16FIN2O/c14-10-2-1-3-11(13(10)15)17-12(18)8-9-4-6-16-7-5-9/h1-3,9,16H,4-8H2,(H,17,18). The number of amides is 1. The molecule has 1 heterocycles. The van der Waals surface area contributed by atoms with Gasteiger partial charge in [-0.05, 0) is 66.6 Å². The first kappa shape index (κ1) is 13.7. The lowest BCUT2D eigenvalue weighted by atomic mass is 9.94. The van der Waals surface area contributed by atoms with E-state index in [0.29, 0.717) is 21.6 Å². The van der Waals surface area contributed by atoms with Gasteiger partial charge in [-0.3, -0.25) is 4.79 Å². The molecule has 0 radical (unpaired) electrons. The zero-order valence-corrected chi connectivity index (χ0v) is 12.2. The van der Waals surface area contributed by atoms with Crippen molar-refractivity contribution >= 4 is 34.2 Å². The summed E-state index contributed by atoms with van der Waals surface area (Å²) in [4.78, 5) is 11.9. The van der Waals surface area contributed by atoms with Crippen LogP contribution in [-0.2, 0) is 4.79 Å². The van der Waals surface area contributed by atoms with Crippen molar-refractivity contribution in [1.82, 2.24) is 5.32 Å². The number of rotatable bonds is 3. The molecule has 0 spiro atoms. The van der Waals surface area contributed by atoms with Gasteiger partial charge < -0.3 is 10.6 Å². The highest BCUT2D eigenvalue weighted by Crippen LogP contribution is 2.22. The first-order valence-electron chi connectivity index (χ1n) is 6.11. The fraction of sp³-hybridized carbons (Fsp3) is 0.462. The minimum absolute atomic E-state index is 0.0228. The van der Waals surface area contributed by atoms with E-state index in [-0.39, 0.29) is 11.7 Å². The molecule has 18 heavy (non-hydrogen) atoms. The van der Waals surface area contributed by atoms with Crippen LogP contribution < -0.4 is 10.6 Å². The molecule has 5 heteroatoms. The van der Waals surface area contributed by atoms with E-state index >= 15 is 0 Å². The van der Waals surface area contributed by atoms with E-state index in [9.17, 15) is 9.18 Å². The lowest BCUT2D eigenvalue weighted by Gasteiger charge is -2.22. The lowest BCUT2D eigenvalue weighted by Crippen LogP contribution is -2.30. The van der Waals surface area contributed by atoms with Crippen molar-refractivity contribution in [2.24, 2.45) is 5.92 Å². The number of benzene rings is 1. The molecule has 0 aliphatic carbocycles. The van der Waals surface area contributed by atoms with Crippen molar-refractivity contribution in [3.63, 3.8) is 0 Å². The van der Waals surface area contributed by atoms with Crippen molar-refractivity contribution in [3.05, 3.63) is 27.6 Å². The van der Waals surface area contributed by atoms with Gasteiger partial charge in [-0.2, -0.15) is 0 Å². The third-order valence-electron chi connectivity index (χ3n) is 3.16. The van der Waals surface area contributed by atoms with Crippen molar-refractivity contribution < 1.29 is 9.18 Å². The molecular formula is C13H16FIN2O. The van der Waals surface area contributed by atoms with Crippen LogP contribution in [0.15, 0.2) is 18.2 Å². The van der Waals surface area contributed by atoms with Gasteiger partial charge in [0.15, 0.2) is 0 Å². The molecule has 2 rings (SSSR count). The van der Waals surface area contributed by atoms with Gasteiger partial charge in [-0.1, -0.05) is 6.07 Å². The fourth-order valence-corrected chi connectivity index (χ4v) is 2.64. The van der Waals surface area contributed by atoms with Gasteiger partial charge in [0.25, 0.3) is 0 Å². The molecule has 1 aliphatic rings. The van der Waals surface area contributed by atoms with E-state index < -0.39 is 0 Å². The van der Waals surface area contributed by atoms with E-state index in [1.807, 2.05) is 22.6 Å². The highest BCUT2D eigenvalue weighted by atomic mass is 127. The van der Waals surface area contributed by atoms with Gasteiger partial charge >= 0.3 is 0 Å². The average Bonchev–Trinajstić information content (AvgIpc) is 2.36. The maximum Gasteiger partial charge on any atom is 0.224 e. The number of nitrogens with one attached hydrogen (secondary N) is 2. The molecule has 2 N–H and O–H groups in total. The van der Waals surface area contributed by atoms with Crippen LogP contribution in [0.1, 0.15) is 19.3 Å². The van der Waals surface area contributed by atoms with Gasteiger partial charge in [0, 0.05) is 6.42 Å². The Balaban J connectivity index is 1.92. The Hall–Kier alpha value is -0.690. The van der Waals surface area contributed by atoms with Crippen molar-refractivity contribution in [2.45, 2.75) is 19.3 Å². The average molecular weight is 362 g/mol. The van der Waals surface area contributed by atoms with Gasteiger partial charge in [0.1, 0.15) is 5.82 Å². The minimum atomic E-state index is -0.296.